The third-order valence-corrected chi connectivity index (χ3v) is 4.23. The number of benzene rings is 2. The van der Waals surface area contributed by atoms with Crippen molar-refractivity contribution >= 4 is 23.4 Å². The van der Waals surface area contributed by atoms with Gasteiger partial charge in [0.25, 0.3) is 17.3 Å². The Labute approximate surface area is 175 Å². The molecule has 0 radical (unpaired) electrons. The predicted octanol–water partition coefficient (Wildman–Crippen LogP) is 3.99. The van der Waals surface area contributed by atoms with Gasteiger partial charge in [0.1, 0.15) is 23.2 Å². The van der Waals surface area contributed by atoms with E-state index in [2.05, 4.69) is 5.32 Å². The molecule has 0 bridgehead atoms. The number of furan rings is 1. The van der Waals surface area contributed by atoms with Crippen molar-refractivity contribution in [1.82, 2.24) is 5.32 Å². The fraction of sp³-hybridized carbons (Fsp3) is 0.0476. The highest BCUT2D eigenvalue weighted by atomic mass is 16.6. The van der Waals surface area contributed by atoms with Crippen LogP contribution in [0.5, 0.6) is 0 Å². The summed E-state index contributed by atoms with van der Waals surface area (Å²) in [5, 5.41) is 34.1. The van der Waals surface area contributed by atoms with Crippen molar-refractivity contribution in [1.29, 1.82) is 5.26 Å². The van der Waals surface area contributed by atoms with E-state index < -0.39 is 27.1 Å². The molecule has 1 N–H and O–H groups in total. The van der Waals surface area contributed by atoms with Crippen LogP contribution in [-0.2, 0) is 11.3 Å². The maximum absolute atomic E-state index is 12.3. The van der Waals surface area contributed by atoms with Crippen LogP contribution in [0.1, 0.15) is 11.3 Å². The molecular formula is C21H14N4O6. The van der Waals surface area contributed by atoms with Gasteiger partial charge in [-0.2, -0.15) is 5.26 Å². The summed E-state index contributed by atoms with van der Waals surface area (Å²) in [7, 11) is 0. The minimum Gasteiger partial charge on any atom is -0.456 e. The van der Waals surface area contributed by atoms with Gasteiger partial charge in [0.15, 0.2) is 0 Å². The van der Waals surface area contributed by atoms with E-state index in [0.717, 1.165) is 17.7 Å². The average Bonchev–Trinajstić information content (AvgIpc) is 3.24. The van der Waals surface area contributed by atoms with Crippen LogP contribution >= 0.6 is 0 Å². The molecular weight excluding hydrogens is 404 g/mol. The summed E-state index contributed by atoms with van der Waals surface area (Å²) in [4.78, 5) is 33.0. The molecule has 154 valence electrons. The lowest BCUT2D eigenvalue weighted by Gasteiger charge is -2.04. The summed E-state index contributed by atoms with van der Waals surface area (Å²) < 4.78 is 5.52. The van der Waals surface area contributed by atoms with Crippen LogP contribution < -0.4 is 5.32 Å². The Balaban J connectivity index is 1.83. The van der Waals surface area contributed by atoms with Crippen molar-refractivity contribution in [2.24, 2.45) is 0 Å². The van der Waals surface area contributed by atoms with Gasteiger partial charge in [0.2, 0.25) is 0 Å². The second kappa shape index (κ2) is 9.15. The zero-order chi connectivity index (χ0) is 22.4. The second-order valence-corrected chi connectivity index (χ2v) is 6.26. The molecule has 10 nitrogen and oxygen atoms in total. The number of carbonyl (C=O) groups is 1. The van der Waals surface area contributed by atoms with E-state index in [1.54, 1.807) is 6.07 Å². The summed E-state index contributed by atoms with van der Waals surface area (Å²) in [6.45, 7) is 0.233. The normalized spacial score (nSPS) is 10.9. The Hall–Kier alpha value is -4.78. The fourth-order valence-corrected chi connectivity index (χ4v) is 2.73. The number of nitrogens with zero attached hydrogens (tertiary/aromatic N) is 3. The summed E-state index contributed by atoms with van der Waals surface area (Å²) >= 11 is 0. The molecule has 0 aliphatic rings. The number of nitrogens with one attached hydrogen (secondary N) is 1. The molecule has 0 unspecified atom stereocenters. The lowest BCUT2D eigenvalue weighted by molar-refractivity contribution is -0.393. The van der Waals surface area contributed by atoms with Crippen molar-refractivity contribution in [3.05, 3.63) is 97.8 Å². The van der Waals surface area contributed by atoms with Crippen LogP contribution in [0.2, 0.25) is 0 Å². The lowest BCUT2D eigenvalue weighted by atomic mass is 10.1. The number of hydrogen-bond donors (Lipinski definition) is 1. The van der Waals surface area contributed by atoms with Crippen LogP contribution in [0.25, 0.3) is 17.4 Å². The Bertz CT molecular complexity index is 1220. The number of non-ortho nitro benzene ring substituents is 1. The quantitative estimate of drug-likeness (QED) is 0.263. The van der Waals surface area contributed by atoms with E-state index in [4.69, 9.17) is 4.42 Å². The van der Waals surface area contributed by atoms with E-state index in [1.807, 2.05) is 30.3 Å². The zero-order valence-corrected chi connectivity index (χ0v) is 15.8. The van der Waals surface area contributed by atoms with Gasteiger partial charge in [0.05, 0.1) is 21.5 Å². The molecule has 0 aliphatic carbocycles. The van der Waals surface area contributed by atoms with Gasteiger partial charge in [-0.1, -0.05) is 30.3 Å². The lowest BCUT2D eigenvalue weighted by Crippen LogP contribution is -2.23. The van der Waals surface area contributed by atoms with Crippen LogP contribution in [-0.4, -0.2) is 15.8 Å². The van der Waals surface area contributed by atoms with Gasteiger partial charge in [-0.3, -0.25) is 25.0 Å². The van der Waals surface area contributed by atoms with Gasteiger partial charge in [-0.15, -0.1) is 0 Å². The molecule has 1 amide bonds. The van der Waals surface area contributed by atoms with Gasteiger partial charge in [-0.25, -0.2) is 0 Å². The summed E-state index contributed by atoms with van der Waals surface area (Å²) in [6, 6.07) is 16.9. The van der Waals surface area contributed by atoms with Gasteiger partial charge in [0, 0.05) is 18.7 Å². The molecule has 0 saturated heterocycles. The third kappa shape index (κ3) is 4.99. The number of amides is 1. The molecule has 0 fully saturated rings. The van der Waals surface area contributed by atoms with Gasteiger partial charge in [-0.05, 0) is 23.8 Å². The minimum absolute atomic E-state index is 0.0299. The molecule has 2 aromatic carbocycles. The molecule has 1 heterocycles. The standard InChI is InChI=1S/C21H14N4O6/c22-12-15(21(26)23-13-14-4-2-1-3-5-14)10-17-7-9-20(31-17)18-8-6-16(24(27)28)11-19(18)25(29)30/h1-11H,13H2,(H,23,26)/b15-10-. The SMILES string of the molecule is N#C/C(=C/c1ccc(-c2ccc([N+](=O)[O-])cc2[N+](=O)[O-])o1)C(=O)NCc1ccccc1. The largest absolute Gasteiger partial charge is 0.456 e. The first-order chi connectivity index (χ1) is 14.9. The Morgan fingerprint density at radius 2 is 1.81 bits per heavy atom. The summed E-state index contributed by atoms with van der Waals surface area (Å²) in [5.41, 5.74) is -0.250. The predicted molar refractivity (Wildman–Crippen MR) is 109 cm³/mol. The molecule has 3 rings (SSSR count). The first-order valence-electron chi connectivity index (χ1n) is 8.86. The molecule has 3 aromatic rings. The molecule has 0 aliphatic heterocycles. The van der Waals surface area contributed by atoms with Gasteiger partial charge < -0.3 is 9.73 Å². The molecule has 10 heteroatoms. The van der Waals surface area contributed by atoms with E-state index >= 15 is 0 Å². The van der Waals surface area contributed by atoms with Crippen LogP contribution in [0, 0.1) is 31.6 Å². The van der Waals surface area contributed by atoms with Crippen molar-refractivity contribution in [2.45, 2.75) is 6.54 Å². The molecule has 31 heavy (non-hydrogen) atoms. The van der Waals surface area contributed by atoms with E-state index in [0.29, 0.717) is 0 Å². The summed E-state index contributed by atoms with van der Waals surface area (Å²) in [6.07, 6.45) is 1.21. The van der Waals surface area contributed by atoms with E-state index in [1.165, 1.54) is 24.3 Å². The number of carbonyl (C=O) groups excluding carboxylic acids is 1. The number of hydrogen-bond acceptors (Lipinski definition) is 7. The molecule has 0 atom stereocenters. The molecule has 1 aromatic heterocycles. The molecule has 0 spiro atoms. The smallest absolute Gasteiger partial charge is 0.287 e. The third-order valence-electron chi connectivity index (χ3n) is 4.23. The Morgan fingerprint density at radius 3 is 2.45 bits per heavy atom. The highest BCUT2D eigenvalue weighted by Crippen LogP contribution is 2.34. The van der Waals surface area contributed by atoms with Gasteiger partial charge >= 0.3 is 0 Å². The van der Waals surface area contributed by atoms with Crippen LogP contribution in [0.4, 0.5) is 11.4 Å². The average molecular weight is 418 g/mol. The van der Waals surface area contributed by atoms with Crippen molar-refractivity contribution in [2.75, 3.05) is 0 Å². The van der Waals surface area contributed by atoms with Crippen LogP contribution in [0.15, 0.2) is 70.7 Å². The second-order valence-electron chi connectivity index (χ2n) is 6.26. The Kier molecular flexibility index (Phi) is 6.18. The number of nitro benzene ring substituents is 2. The van der Waals surface area contributed by atoms with E-state index in [9.17, 15) is 30.3 Å². The highest BCUT2D eigenvalue weighted by molar-refractivity contribution is 6.01. The maximum Gasteiger partial charge on any atom is 0.287 e. The monoisotopic (exact) mass is 418 g/mol. The topological polar surface area (TPSA) is 152 Å². The highest BCUT2D eigenvalue weighted by Gasteiger charge is 2.22. The van der Waals surface area contributed by atoms with E-state index in [-0.39, 0.29) is 29.2 Å². The van der Waals surface area contributed by atoms with Crippen LogP contribution in [0.3, 0.4) is 0 Å². The minimum atomic E-state index is -0.752. The van der Waals surface area contributed by atoms with Crippen molar-refractivity contribution < 1.29 is 19.1 Å². The van der Waals surface area contributed by atoms with Crippen molar-refractivity contribution in [3.63, 3.8) is 0 Å². The Morgan fingerprint density at radius 1 is 1.06 bits per heavy atom. The first-order valence-corrected chi connectivity index (χ1v) is 8.86. The zero-order valence-electron chi connectivity index (χ0n) is 15.8. The maximum atomic E-state index is 12.3. The van der Waals surface area contributed by atoms with Crippen molar-refractivity contribution in [3.8, 4) is 17.4 Å². The fourth-order valence-electron chi connectivity index (χ4n) is 2.73. The summed E-state index contributed by atoms with van der Waals surface area (Å²) in [5.74, 6) is -0.422. The number of nitriles is 1. The first kappa shape index (κ1) is 20.9. The molecule has 0 saturated carbocycles. The number of rotatable bonds is 7. The number of nitro groups is 2.